The predicted molar refractivity (Wildman–Crippen MR) is 90.4 cm³/mol. The summed E-state index contributed by atoms with van der Waals surface area (Å²) >= 11 is 0. The van der Waals surface area contributed by atoms with E-state index < -0.39 is 0 Å². The van der Waals surface area contributed by atoms with Gasteiger partial charge in [-0.1, -0.05) is 63.6 Å². The van der Waals surface area contributed by atoms with Crippen molar-refractivity contribution in [2.75, 3.05) is 13.1 Å². The van der Waals surface area contributed by atoms with Crippen molar-refractivity contribution in [2.45, 2.75) is 51.9 Å². The molecule has 0 aromatic heterocycles. The quantitative estimate of drug-likeness (QED) is 0.448. The number of carbonyl (C=O) groups excluding carboxylic acids is 1. The summed E-state index contributed by atoms with van der Waals surface area (Å²) in [6.07, 6.45) is 7.02. The number of hydrogen-bond acceptors (Lipinski definition) is 1. The summed E-state index contributed by atoms with van der Waals surface area (Å²) in [5, 5.41) is 0. The Kier molecular flexibility index (Phi) is 8.49. The van der Waals surface area contributed by atoms with Gasteiger partial charge in [0.15, 0.2) is 0 Å². The third-order valence-electron chi connectivity index (χ3n) is 3.95. The normalized spacial score (nSPS) is 11.9. The topological polar surface area (TPSA) is 20.3 Å². The van der Waals surface area contributed by atoms with Crippen LogP contribution in [0.3, 0.4) is 0 Å². The molecule has 1 aromatic carbocycles. The average molecular weight is 287 g/mol. The van der Waals surface area contributed by atoms with Crippen molar-refractivity contribution in [2.24, 2.45) is 0 Å². The third-order valence-corrected chi connectivity index (χ3v) is 3.95. The van der Waals surface area contributed by atoms with Crippen LogP contribution >= 0.6 is 0 Å². The van der Waals surface area contributed by atoms with E-state index in [0.29, 0.717) is 5.92 Å². The zero-order chi connectivity index (χ0) is 15.5. The summed E-state index contributed by atoms with van der Waals surface area (Å²) in [4.78, 5) is 13.7. The molecule has 0 aliphatic carbocycles. The fourth-order valence-corrected chi connectivity index (χ4v) is 2.51. The molecule has 0 saturated heterocycles. The molecule has 0 spiro atoms. The summed E-state index contributed by atoms with van der Waals surface area (Å²) in [6.45, 7) is 9.73. The molecule has 1 atom stereocenters. The van der Waals surface area contributed by atoms with Crippen molar-refractivity contribution >= 4 is 5.91 Å². The summed E-state index contributed by atoms with van der Waals surface area (Å²) < 4.78 is 0. The van der Waals surface area contributed by atoms with Crippen LogP contribution in [0.25, 0.3) is 0 Å². The Morgan fingerprint density at radius 3 is 2.48 bits per heavy atom. The molecule has 2 heteroatoms. The molecule has 1 unspecified atom stereocenters. The van der Waals surface area contributed by atoms with Crippen LogP contribution in [0.15, 0.2) is 43.0 Å². The lowest BCUT2D eigenvalue weighted by atomic mass is 9.95. The van der Waals surface area contributed by atoms with Crippen LogP contribution in [0.2, 0.25) is 0 Å². The largest absolute Gasteiger partial charge is 0.339 e. The number of amides is 1. The molecule has 0 heterocycles. The van der Waals surface area contributed by atoms with Crippen LogP contribution in [-0.2, 0) is 4.79 Å². The van der Waals surface area contributed by atoms with Gasteiger partial charge in [0.1, 0.15) is 0 Å². The molecule has 1 amide bonds. The molecular formula is C19H29NO. The van der Waals surface area contributed by atoms with Gasteiger partial charge >= 0.3 is 0 Å². The Bertz CT molecular complexity index is 413. The minimum absolute atomic E-state index is 0.0690. The molecule has 0 aliphatic heterocycles. The first-order chi connectivity index (χ1) is 10.2. The van der Waals surface area contributed by atoms with E-state index in [9.17, 15) is 4.79 Å². The second-order valence-corrected chi connectivity index (χ2v) is 5.69. The lowest BCUT2D eigenvalue weighted by molar-refractivity contribution is -0.126. The van der Waals surface area contributed by atoms with E-state index in [1.165, 1.54) is 18.1 Å². The molecule has 2 nitrogen and oxygen atoms in total. The lowest BCUT2D eigenvalue weighted by Gasteiger charge is -2.21. The minimum Gasteiger partial charge on any atom is -0.339 e. The third kappa shape index (κ3) is 6.61. The average Bonchev–Trinajstić information content (AvgIpc) is 2.54. The van der Waals surface area contributed by atoms with Crippen LogP contribution in [0, 0.1) is 0 Å². The van der Waals surface area contributed by atoms with Crippen molar-refractivity contribution in [3.05, 3.63) is 48.6 Å². The van der Waals surface area contributed by atoms with Crippen molar-refractivity contribution in [1.82, 2.24) is 4.90 Å². The van der Waals surface area contributed by atoms with E-state index in [4.69, 9.17) is 0 Å². The van der Waals surface area contributed by atoms with Gasteiger partial charge in [-0.2, -0.15) is 0 Å². The smallest absolute Gasteiger partial charge is 0.245 e. The molecule has 0 aliphatic rings. The zero-order valence-corrected chi connectivity index (χ0v) is 13.6. The van der Waals surface area contributed by atoms with Gasteiger partial charge in [-0.05, 0) is 36.8 Å². The predicted octanol–water partition coefficient (Wildman–Crippen LogP) is 4.78. The van der Waals surface area contributed by atoms with Gasteiger partial charge in [-0.25, -0.2) is 0 Å². The molecule has 1 aromatic rings. The van der Waals surface area contributed by atoms with Crippen LogP contribution in [0.4, 0.5) is 0 Å². The summed E-state index contributed by atoms with van der Waals surface area (Å²) in [5.41, 5.74) is 1.41. The highest BCUT2D eigenvalue weighted by molar-refractivity contribution is 5.86. The van der Waals surface area contributed by atoms with Crippen molar-refractivity contribution in [3.8, 4) is 0 Å². The molecule has 116 valence electrons. The van der Waals surface area contributed by atoms with Crippen molar-refractivity contribution in [3.63, 3.8) is 0 Å². The number of hydrogen-bond donors (Lipinski definition) is 0. The van der Waals surface area contributed by atoms with Crippen LogP contribution in [0.1, 0.15) is 57.4 Å². The molecule has 0 bridgehead atoms. The molecule has 0 fully saturated rings. The SMILES string of the molecule is C=CC(=O)N(CCCC)CCCCC(C)c1ccccc1. The summed E-state index contributed by atoms with van der Waals surface area (Å²) in [7, 11) is 0. The Morgan fingerprint density at radius 1 is 1.19 bits per heavy atom. The van der Waals surface area contributed by atoms with Crippen LogP contribution in [0.5, 0.6) is 0 Å². The van der Waals surface area contributed by atoms with E-state index in [0.717, 1.165) is 38.8 Å². The van der Waals surface area contributed by atoms with Gasteiger partial charge < -0.3 is 4.90 Å². The van der Waals surface area contributed by atoms with E-state index in [1.54, 1.807) is 0 Å². The monoisotopic (exact) mass is 287 g/mol. The maximum atomic E-state index is 11.8. The van der Waals surface area contributed by atoms with E-state index >= 15 is 0 Å². The highest BCUT2D eigenvalue weighted by Crippen LogP contribution is 2.20. The molecule has 0 radical (unpaired) electrons. The fourth-order valence-electron chi connectivity index (χ4n) is 2.51. The lowest BCUT2D eigenvalue weighted by Crippen LogP contribution is -2.31. The van der Waals surface area contributed by atoms with Gasteiger partial charge in [0.05, 0.1) is 0 Å². The molecule has 0 N–H and O–H groups in total. The van der Waals surface area contributed by atoms with E-state index in [1.807, 2.05) is 4.90 Å². The highest BCUT2D eigenvalue weighted by atomic mass is 16.2. The van der Waals surface area contributed by atoms with Gasteiger partial charge in [0.2, 0.25) is 5.91 Å². The second kappa shape index (κ2) is 10.2. The fraction of sp³-hybridized carbons (Fsp3) is 0.526. The van der Waals surface area contributed by atoms with Crippen LogP contribution < -0.4 is 0 Å². The number of rotatable bonds is 10. The van der Waals surface area contributed by atoms with E-state index in [2.05, 4.69) is 50.8 Å². The second-order valence-electron chi connectivity index (χ2n) is 5.69. The first-order valence-electron chi connectivity index (χ1n) is 8.15. The number of carbonyl (C=O) groups is 1. The molecule has 0 saturated carbocycles. The minimum atomic E-state index is 0.0690. The molecule has 1 rings (SSSR count). The number of nitrogens with zero attached hydrogens (tertiary/aromatic N) is 1. The van der Waals surface area contributed by atoms with Crippen LogP contribution in [-0.4, -0.2) is 23.9 Å². The maximum absolute atomic E-state index is 11.8. The first-order valence-corrected chi connectivity index (χ1v) is 8.15. The van der Waals surface area contributed by atoms with Gasteiger partial charge in [0, 0.05) is 13.1 Å². The summed E-state index contributed by atoms with van der Waals surface area (Å²) in [6, 6.07) is 10.6. The Hall–Kier alpha value is -1.57. The molecule has 21 heavy (non-hydrogen) atoms. The highest BCUT2D eigenvalue weighted by Gasteiger charge is 2.10. The standard InChI is InChI=1S/C19H29NO/c1-4-6-15-20(19(21)5-2)16-11-10-12-17(3)18-13-8-7-9-14-18/h5,7-9,13-14,17H,2,4,6,10-12,15-16H2,1,3H3. The number of unbranched alkanes of at least 4 members (excludes halogenated alkanes) is 2. The van der Waals surface area contributed by atoms with Gasteiger partial charge in [-0.15, -0.1) is 0 Å². The Labute approximate surface area is 129 Å². The maximum Gasteiger partial charge on any atom is 0.245 e. The molecular weight excluding hydrogens is 258 g/mol. The zero-order valence-electron chi connectivity index (χ0n) is 13.6. The summed E-state index contributed by atoms with van der Waals surface area (Å²) in [5.74, 6) is 0.657. The Balaban J connectivity index is 2.30. The van der Waals surface area contributed by atoms with E-state index in [-0.39, 0.29) is 5.91 Å². The Morgan fingerprint density at radius 2 is 1.86 bits per heavy atom. The van der Waals surface area contributed by atoms with Crippen molar-refractivity contribution in [1.29, 1.82) is 0 Å². The van der Waals surface area contributed by atoms with Gasteiger partial charge in [0.25, 0.3) is 0 Å². The van der Waals surface area contributed by atoms with Gasteiger partial charge in [-0.3, -0.25) is 4.79 Å². The van der Waals surface area contributed by atoms with Crippen molar-refractivity contribution < 1.29 is 4.79 Å². The first kappa shape index (κ1) is 17.5. The number of benzene rings is 1.